The van der Waals surface area contributed by atoms with Crippen molar-refractivity contribution >= 4 is 27.9 Å². The molecular formula is C6H12N2O2S2. The number of nitro groups is 1. The van der Waals surface area contributed by atoms with Gasteiger partial charge in [-0.3, -0.25) is 0 Å². The summed E-state index contributed by atoms with van der Waals surface area (Å²) in [6, 6.07) is 0. The molecule has 12 heavy (non-hydrogen) atoms. The first-order valence-corrected chi connectivity index (χ1v) is 5.35. The molecule has 0 radical (unpaired) electrons. The quantitative estimate of drug-likeness (QED) is 0.287. The molecule has 6 heteroatoms. The van der Waals surface area contributed by atoms with Crippen LogP contribution in [0.15, 0.2) is 5.10 Å². The Labute approximate surface area is 80.3 Å². The second-order valence-electron chi connectivity index (χ2n) is 3.02. The summed E-state index contributed by atoms with van der Waals surface area (Å²) in [6.07, 6.45) is 1.78. The van der Waals surface area contributed by atoms with Crippen molar-refractivity contribution in [1.82, 2.24) is 0 Å². The van der Waals surface area contributed by atoms with Gasteiger partial charge in [0.1, 0.15) is 0 Å². The monoisotopic (exact) mass is 208 g/mol. The summed E-state index contributed by atoms with van der Waals surface area (Å²) in [5.74, 6) is 0. The minimum atomic E-state index is -0.662. The fourth-order valence-corrected chi connectivity index (χ4v) is 2.29. The van der Waals surface area contributed by atoms with Crippen molar-refractivity contribution in [2.45, 2.75) is 25.5 Å². The van der Waals surface area contributed by atoms with Gasteiger partial charge < -0.3 is 0 Å². The normalized spacial score (nSPS) is 13.2. The zero-order valence-corrected chi connectivity index (χ0v) is 9.16. The Kier molecular flexibility index (Phi) is 4.62. The lowest BCUT2D eigenvalue weighted by atomic mass is 10.3. The van der Waals surface area contributed by atoms with E-state index < -0.39 is 5.03 Å². The molecule has 0 aromatic rings. The van der Waals surface area contributed by atoms with E-state index in [1.165, 1.54) is 23.5 Å². The van der Waals surface area contributed by atoms with E-state index in [1.54, 1.807) is 6.26 Å². The van der Waals surface area contributed by atoms with Crippen LogP contribution in [0.25, 0.3) is 0 Å². The number of nitrogens with zero attached hydrogens (tertiary/aromatic N) is 2. The van der Waals surface area contributed by atoms with E-state index in [-0.39, 0.29) is 4.75 Å². The fraction of sp³-hybridized carbons (Fsp3) is 0.833. The van der Waals surface area contributed by atoms with Crippen molar-refractivity contribution in [2.75, 3.05) is 6.26 Å². The summed E-state index contributed by atoms with van der Waals surface area (Å²) in [5.41, 5.74) is 0. The van der Waals surface area contributed by atoms with Crippen LogP contribution in [-0.4, -0.2) is 20.4 Å². The van der Waals surface area contributed by atoms with Crippen LogP contribution in [0.1, 0.15) is 20.8 Å². The summed E-state index contributed by atoms with van der Waals surface area (Å²) in [4.78, 5) is 10.0. The third kappa shape index (κ3) is 6.48. The first-order valence-electron chi connectivity index (χ1n) is 3.31. The lowest BCUT2D eigenvalue weighted by Gasteiger charge is -2.15. The van der Waals surface area contributed by atoms with E-state index >= 15 is 0 Å². The predicted molar refractivity (Wildman–Crippen MR) is 55.3 cm³/mol. The largest absolute Gasteiger partial charge is 0.233 e. The van der Waals surface area contributed by atoms with E-state index in [9.17, 15) is 10.1 Å². The Bertz CT molecular complexity index is 198. The van der Waals surface area contributed by atoms with E-state index in [1.807, 2.05) is 20.8 Å². The van der Waals surface area contributed by atoms with Crippen LogP contribution in [0.5, 0.6) is 0 Å². The number of thioether (sulfide) groups is 2. The lowest BCUT2D eigenvalue weighted by molar-refractivity contribution is -0.484. The number of hydrazone groups is 1. The maximum Gasteiger partial charge on any atom is 0.204 e. The van der Waals surface area contributed by atoms with Crippen molar-refractivity contribution in [2.24, 2.45) is 5.10 Å². The molecule has 0 aliphatic carbocycles. The summed E-state index contributed by atoms with van der Waals surface area (Å²) >= 11 is 2.70. The third-order valence-electron chi connectivity index (χ3n) is 0.731. The number of hydrogen-bond acceptors (Lipinski definition) is 4. The Morgan fingerprint density at radius 2 is 2.00 bits per heavy atom. The van der Waals surface area contributed by atoms with Gasteiger partial charge in [0.2, 0.25) is 4.38 Å². The number of rotatable bonds is 1. The summed E-state index contributed by atoms with van der Waals surface area (Å²) in [7, 11) is 0. The second-order valence-corrected chi connectivity index (χ2v) is 5.89. The van der Waals surface area contributed by atoms with Crippen LogP contribution in [0, 0.1) is 10.1 Å². The van der Waals surface area contributed by atoms with Crippen LogP contribution >= 0.6 is 23.5 Å². The molecule has 0 spiro atoms. The average Bonchev–Trinajstić information content (AvgIpc) is 1.82. The molecule has 0 saturated carbocycles. The van der Waals surface area contributed by atoms with Crippen LogP contribution in [-0.2, 0) is 0 Å². The molecule has 0 aliphatic heterocycles. The highest BCUT2D eigenvalue weighted by Gasteiger charge is 2.17. The molecule has 70 valence electrons. The van der Waals surface area contributed by atoms with Crippen LogP contribution in [0.3, 0.4) is 0 Å². The van der Waals surface area contributed by atoms with Gasteiger partial charge in [-0.15, -0.1) is 0 Å². The first kappa shape index (κ1) is 11.8. The van der Waals surface area contributed by atoms with E-state index in [2.05, 4.69) is 5.10 Å². The molecule has 0 rings (SSSR count). The molecule has 0 heterocycles. The zero-order chi connectivity index (χ0) is 9.78. The zero-order valence-electron chi connectivity index (χ0n) is 7.53. The highest BCUT2D eigenvalue weighted by atomic mass is 32.2. The Balaban J connectivity index is 4.28. The average molecular weight is 208 g/mol. The van der Waals surface area contributed by atoms with E-state index in [0.29, 0.717) is 4.38 Å². The van der Waals surface area contributed by atoms with Crippen molar-refractivity contribution in [1.29, 1.82) is 0 Å². The molecule has 0 aromatic heterocycles. The molecule has 0 bridgehead atoms. The minimum Gasteiger partial charge on any atom is -0.233 e. The molecule has 0 amide bonds. The molecule has 0 saturated heterocycles. The van der Waals surface area contributed by atoms with Gasteiger partial charge in [0.25, 0.3) is 0 Å². The number of hydrogen-bond donors (Lipinski definition) is 0. The van der Waals surface area contributed by atoms with Crippen molar-refractivity contribution in [3.63, 3.8) is 0 Å². The SMILES string of the molecule is CSC(=N[N+](=O)[O-])SC(C)(C)C. The molecule has 0 aliphatic rings. The highest BCUT2D eigenvalue weighted by molar-refractivity contribution is 8.39. The van der Waals surface area contributed by atoms with E-state index in [4.69, 9.17) is 0 Å². The van der Waals surface area contributed by atoms with Gasteiger partial charge in [-0.1, -0.05) is 44.3 Å². The Morgan fingerprint density at radius 1 is 1.50 bits per heavy atom. The molecule has 0 fully saturated rings. The summed E-state index contributed by atoms with van der Waals surface area (Å²) < 4.78 is 0.463. The van der Waals surface area contributed by atoms with Gasteiger partial charge in [-0.2, -0.15) is 0 Å². The van der Waals surface area contributed by atoms with Crippen molar-refractivity contribution in [3.8, 4) is 0 Å². The standard InChI is InChI=1S/C6H12N2O2S2/c1-6(2,3)12-5(11-4)7-8(9)10/h1-4H3. The van der Waals surface area contributed by atoms with Gasteiger partial charge >= 0.3 is 0 Å². The molecule has 4 nitrogen and oxygen atoms in total. The molecule has 0 aromatic carbocycles. The fourth-order valence-electron chi connectivity index (χ4n) is 0.432. The topological polar surface area (TPSA) is 55.5 Å². The van der Waals surface area contributed by atoms with Crippen molar-refractivity contribution < 1.29 is 5.03 Å². The smallest absolute Gasteiger partial charge is 0.204 e. The third-order valence-corrected chi connectivity index (χ3v) is 2.78. The molecule has 0 N–H and O–H groups in total. The van der Waals surface area contributed by atoms with Crippen molar-refractivity contribution in [3.05, 3.63) is 10.1 Å². The van der Waals surface area contributed by atoms with Gasteiger partial charge in [0.05, 0.1) is 5.10 Å². The van der Waals surface area contributed by atoms with Crippen LogP contribution < -0.4 is 0 Å². The van der Waals surface area contributed by atoms with Gasteiger partial charge in [-0.05, 0) is 6.26 Å². The maximum atomic E-state index is 10.0. The molecular weight excluding hydrogens is 196 g/mol. The van der Waals surface area contributed by atoms with E-state index in [0.717, 1.165) is 0 Å². The second kappa shape index (κ2) is 4.71. The summed E-state index contributed by atoms with van der Waals surface area (Å²) in [6.45, 7) is 5.97. The van der Waals surface area contributed by atoms with Crippen LogP contribution in [0.4, 0.5) is 0 Å². The lowest BCUT2D eigenvalue weighted by Crippen LogP contribution is -2.10. The molecule has 0 atom stereocenters. The van der Waals surface area contributed by atoms with Crippen LogP contribution in [0.2, 0.25) is 0 Å². The van der Waals surface area contributed by atoms with Gasteiger partial charge in [-0.25, -0.2) is 10.1 Å². The molecule has 0 unspecified atom stereocenters. The highest BCUT2D eigenvalue weighted by Crippen LogP contribution is 2.28. The summed E-state index contributed by atoms with van der Waals surface area (Å²) in [5, 5.41) is 12.6. The predicted octanol–water partition coefficient (Wildman–Crippen LogP) is 2.43. The Morgan fingerprint density at radius 3 is 2.25 bits per heavy atom. The first-order chi connectivity index (χ1) is 5.35. The van der Waals surface area contributed by atoms with Gasteiger partial charge in [0, 0.05) is 4.75 Å². The minimum absolute atomic E-state index is 0.0299. The maximum absolute atomic E-state index is 10.0. The van der Waals surface area contributed by atoms with Gasteiger partial charge in [0.15, 0.2) is 5.03 Å². The Hall–Kier alpha value is -0.230.